The highest BCUT2D eigenvalue weighted by molar-refractivity contribution is 14.1. The number of aliphatic hydroxyl groups is 1. The van der Waals surface area contributed by atoms with Crippen molar-refractivity contribution in [2.24, 2.45) is 0 Å². The van der Waals surface area contributed by atoms with Crippen molar-refractivity contribution >= 4 is 109 Å². The summed E-state index contributed by atoms with van der Waals surface area (Å²) in [4.78, 5) is 76.4. The molecule has 1 unspecified atom stereocenters. The number of carbonyl (C=O) groups excluding carboxylic acids is 6. The summed E-state index contributed by atoms with van der Waals surface area (Å²) in [7, 11) is 0. The summed E-state index contributed by atoms with van der Waals surface area (Å²) in [6, 6.07) is -0.884. The third kappa shape index (κ3) is 11.7. The maximum absolute atomic E-state index is 13.9. The highest BCUT2D eigenvalue weighted by Crippen LogP contribution is 2.38. The Kier molecular flexibility index (Phi) is 15.8. The van der Waals surface area contributed by atoms with Crippen molar-refractivity contribution in [3.63, 3.8) is 0 Å². The van der Waals surface area contributed by atoms with E-state index in [1.54, 1.807) is 13.8 Å². The molecule has 3 amide bonds. The Bertz CT molecular complexity index is 1360. The van der Waals surface area contributed by atoms with Crippen LogP contribution in [0.4, 0.5) is 5.69 Å². The van der Waals surface area contributed by atoms with E-state index in [0.717, 1.165) is 6.92 Å². The number of hydrogen-bond donors (Lipinski definition) is 3. The molecular weight excluding hydrogens is 951 g/mol. The number of nitrogens with one attached hydrogen (secondary N) is 2. The molecule has 1 fully saturated rings. The molecule has 0 radical (unpaired) electrons. The lowest BCUT2D eigenvalue weighted by atomic mass is 10.0. The topological polar surface area (TPSA) is 196 Å². The molecule has 0 aliphatic carbocycles. The molecule has 0 bridgehead atoms. The first kappa shape index (κ1) is 40.3. The van der Waals surface area contributed by atoms with Gasteiger partial charge in [0, 0.05) is 31.3 Å². The Morgan fingerprint density at radius 3 is 2.00 bits per heavy atom. The molecule has 0 spiro atoms. The number of benzene rings is 1. The maximum atomic E-state index is 13.9. The summed E-state index contributed by atoms with van der Waals surface area (Å²) < 4.78 is 27.3. The van der Waals surface area contributed by atoms with Gasteiger partial charge in [0.05, 0.1) is 62.4 Å². The van der Waals surface area contributed by atoms with Gasteiger partial charge in [-0.05, 0) is 81.6 Å². The van der Waals surface area contributed by atoms with Crippen LogP contribution in [0.5, 0.6) is 0 Å². The SMILES string of the molecule is CC(=O)OCCNC(=O)c1c(I)c(C(=O)N[C@H]2COC(C)(C)OC[C@@H]2O)c(I)c(N(CC(COC(C)=O)OC(C)=O)C(C)=O)c1I. The molecular formula is C28H36I3N3O12. The minimum absolute atomic E-state index is 0.0219. The predicted molar refractivity (Wildman–Crippen MR) is 187 cm³/mol. The molecule has 46 heavy (non-hydrogen) atoms. The second-order valence-corrected chi connectivity index (χ2v) is 13.7. The van der Waals surface area contributed by atoms with E-state index >= 15 is 0 Å². The predicted octanol–water partition coefficient (Wildman–Crippen LogP) is 1.88. The summed E-state index contributed by atoms with van der Waals surface area (Å²) in [5.74, 6) is -4.67. The first-order valence-electron chi connectivity index (χ1n) is 13.8. The second-order valence-electron chi connectivity index (χ2n) is 10.5. The third-order valence-electron chi connectivity index (χ3n) is 6.28. The number of nitrogens with zero attached hydrogens (tertiary/aromatic N) is 1. The van der Waals surface area contributed by atoms with Gasteiger partial charge in [0.25, 0.3) is 11.8 Å². The number of halogens is 3. The number of esters is 3. The molecule has 3 atom stereocenters. The van der Waals surface area contributed by atoms with Gasteiger partial charge in [0.15, 0.2) is 11.9 Å². The van der Waals surface area contributed by atoms with Crippen LogP contribution in [0.15, 0.2) is 0 Å². The van der Waals surface area contributed by atoms with Crippen LogP contribution >= 0.6 is 67.8 Å². The Morgan fingerprint density at radius 1 is 0.891 bits per heavy atom. The highest BCUT2D eigenvalue weighted by Gasteiger charge is 2.36. The van der Waals surface area contributed by atoms with Crippen LogP contribution < -0.4 is 15.5 Å². The minimum Gasteiger partial charge on any atom is -0.464 e. The molecule has 0 saturated carbocycles. The molecule has 1 saturated heterocycles. The number of anilines is 1. The summed E-state index contributed by atoms with van der Waals surface area (Å²) in [5, 5.41) is 16.1. The lowest BCUT2D eigenvalue weighted by molar-refractivity contribution is -0.203. The zero-order chi connectivity index (χ0) is 34.9. The first-order chi connectivity index (χ1) is 21.4. The van der Waals surface area contributed by atoms with E-state index in [9.17, 15) is 33.9 Å². The fourth-order valence-electron chi connectivity index (χ4n) is 4.11. The van der Waals surface area contributed by atoms with E-state index in [1.807, 2.05) is 67.8 Å². The van der Waals surface area contributed by atoms with Gasteiger partial charge in [-0.2, -0.15) is 0 Å². The van der Waals surface area contributed by atoms with Gasteiger partial charge in [-0.15, -0.1) is 0 Å². The van der Waals surface area contributed by atoms with Gasteiger partial charge >= 0.3 is 17.9 Å². The lowest BCUT2D eigenvalue weighted by Gasteiger charge is -2.30. The van der Waals surface area contributed by atoms with E-state index in [1.165, 1.54) is 25.7 Å². The van der Waals surface area contributed by atoms with Crippen molar-refractivity contribution in [1.29, 1.82) is 0 Å². The van der Waals surface area contributed by atoms with Gasteiger partial charge in [0.2, 0.25) is 5.91 Å². The van der Waals surface area contributed by atoms with Gasteiger partial charge in [-0.25, -0.2) is 0 Å². The van der Waals surface area contributed by atoms with Crippen LogP contribution in [-0.2, 0) is 42.9 Å². The molecule has 15 nitrogen and oxygen atoms in total. The van der Waals surface area contributed by atoms with E-state index in [0.29, 0.717) is 0 Å². The summed E-state index contributed by atoms with van der Waals surface area (Å²) >= 11 is 5.64. The van der Waals surface area contributed by atoms with E-state index < -0.39 is 59.7 Å². The van der Waals surface area contributed by atoms with Gasteiger partial charge < -0.3 is 44.3 Å². The maximum Gasteiger partial charge on any atom is 0.303 e. The molecule has 3 N–H and O–H groups in total. The number of rotatable bonds is 12. The van der Waals surface area contributed by atoms with Gasteiger partial charge in [0.1, 0.15) is 13.2 Å². The average Bonchev–Trinajstić information content (AvgIpc) is 3.05. The summed E-state index contributed by atoms with van der Waals surface area (Å²) in [6.07, 6.45) is -2.20. The van der Waals surface area contributed by atoms with Crippen LogP contribution in [0, 0.1) is 10.7 Å². The number of hydrogen-bond acceptors (Lipinski definition) is 12. The van der Waals surface area contributed by atoms with Gasteiger partial charge in [-0.1, -0.05) is 0 Å². The zero-order valence-electron chi connectivity index (χ0n) is 26.0. The average molecular weight is 987 g/mol. The van der Waals surface area contributed by atoms with Crippen molar-refractivity contribution in [2.75, 3.05) is 44.4 Å². The zero-order valence-corrected chi connectivity index (χ0v) is 32.5. The molecule has 1 aromatic rings. The number of aliphatic hydroxyl groups excluding tert-OH is 1. The molecule has 1 aromatic carbocycles. The van der Waals surface area contributed by atoms with E-state index in [4.69, 9.17) is 23.7 Å². The molecule has 1 heterocycles. The van der Waals surface area contributed by atoms with Crippen molar-refractivity contribution < 1.29 is 57.6 Å². The standard InChI is InChI=1S/C28H36I3N3O12/c1-13(35)34(9-17(46-16(4)38)10-43-15(3)37)25-23(30)20(26(40)32-7-8-42-14(2)36)22(29)21(24(25)31)27(41)33-18-11-44-28(5,6)45-12-19(18)39/h17-19,39H,7-12H2,1-6H3,(H,32,40)(H,33,41)/t17?,18-,19-/m0/s1. The van der Waals surface area contributed by atoms with E-state index in [2.05, 4.69) is 10.6 Å². The summed E-state index contributed by atoms with van der Waals surface area (Å²) in [5.41, 5.74) is 0.224. The Morgan fingerprint density at radius 2 is 1.46 bits per heavy atom. The van der Waals surface area contributed by atoms with Crippen molar-refractivity contribution in [3.8, 4) is 0 Å². The molecule has 2 rings (SSSR count). The normalized spacial score (nSPS) is 18.0. The van der Waals surface area contributed by atoms with Crippen LogP contribution in [0.25, 0.3) is 0 Å². The van der Waals surface area contributed by atoms with Crippen molar-refractivity contribution in [1.82, 2.24) is 10.6 Å². The molecule has 1 aliphatic rings. The Balaban J connectivity index is 2.68. The second kappa shape index (κ2) is 18.0. The molecule has 0 aromatic heterocycles. The summed E-state index contributed by atoms with van der Waals surface area (Å²) in [6.45, 7) is 7.20. The lowest BCUT2D eigenvalue weighted by Crippen LogP contribution is -2.47. The third-order valence-corrected chi connectivity index (χ3v) is 9.45. The largest absolute Gasteiger partial charge is 0.464 e. The van der Waals surface area contributed by atoms with Crippen molar-refractivity contribution in [3.05, 3.63) is 21.8 Å². The number of amides is 3. The van der Waals surface area contributed by atoms with Crippen LogP contribution in [-0.4, -0.2) is 104 Å². The number of carbonyl (C=O) groups is 6. The Hall–Kier alpha value is -1.89. The number of ether oxygens (including phenoxy) is 5. The Labute approximate surface area is 306 Å². The van der Waals surface area contributed by atoms with Crippen LogP contribution in [0.3, 0.4) is 0 Å². The van der Waals surface area contributed by atoms with Crippen molar-refractivity contribution in [2.45, 2.75) is 65.6 Å². The smallest absolute Gasteiger partial charge is 0.303 e. The fourth-order valence-corrected chi connectivity index (χ4v) is 8.84. The molecule has 256 valence electrons. The minimum atomic E-state index is -1.12. The monoisotopic (exact) mass is 987 g/mol. The molecule has 1 aliphatic heterocycles. The van der Waals surface area contributed by atoms with Gasteiger partial charge in [-0.3, -0.25) is 28.8 Å². The quantitative estimate of drug-likeness (QED) is 0.119. The fraction of sp³-hybridized carbons (Fsp3) is 0.571. The molecule has 18 heteroatoms. The van der Waals surface area contributed by atoms with Crippen LogP contribution in [0.2, 0.25) is 0 Å². The highest BCUT2D eigenvalue weighted by atomic mass is 127. The van der Waals surface area contributed by atoms with Crippen LogP contribution in [0.1, 0.15) is 62.3 Å². The first-order valence-corrected chi connectivity index (χ1v) is 17.1. The van der Waals surface area contributed by atoms with E-state index in [-0.39, 0.29) is 67.0 Å².